The first kappa shape index (κ1) is 19.2. The molecule has 0 aliphatic carbocycles. The van der Waals surface area contributed by atoms with Crippen molar-refractivity contribution in [2.24, 2.45) is 14.1 Å². The van der Waals surface area contributed by atoms with Crippen LogP contribution in [-0.4, -0.2) is 49.9 Å². The second-order valence-electron chi connectivity index (χ2n) is 7.97. The number of aryl methyl sites for hydroxylation is 3. The van der Waals surface area contributed by atoms with E-state index < -0.39 is 0 Å². The SMILES string of the molecule is CCc1nn(C)c(CC)c1CC(=O)N1CCc2c(ncn2C)C12CCOCC2. The van der Waals surface area contributed by atoms with Gasteiger partial charge < -0.3 is 14.2 Å². The molecule has 0 bridgehead atoms. The summed E-state index contributed by atoms with van der Waals surface area (Å²) in [5.41, 5.74) is 5.34. The minimum Gasteiger partial charge on any atom is -0.381 e. The summed E-state index contributed by atoms with van der Waals surface area (Å²) >= 11 is 0. The summed E-state index contributed by atoms with van der Waals surface area (Å²) in [6, 6.07) is 0. The van der Waals surface area contributed by atoms with Crippen LogP contribution in [0.1, 0.15) is 55.0 Å². The van der Waals surface area contributed by atoms with E-state index in [0.717, 1.165) is 55.6 Å². The van der Waals surface area contributed by atoms with Crippen molar-refractivity contribution in [2.45, 2.75) is 57.9 Å². The van der Waals surface area contributed by atoms with Crippen molar-refractivity contribution < 1.29 is 9.53 Å². The Morgan fingerprint density at radius 2 is 1.96 bits per heavy atom. The first-order valence-corrected chi connectivity index (χ1v) is 10.4. The molecule has 0 N–H and O–H groups in total. The maximum absolute atomic E-state index is 13.6. The zero-order valence-electron chi connectivity index (χ0n) is 17.5. The maximum Gasteiger partial charge on any atom is 0.227 e. The molecule has 152 valence electrons. The molecule has 2 aliphatic rings. The van der Waals surface area contributed by atoms with E-state index in [1.54, 1.807) is 0 Å². The smallest absolute Gasteiger partial charge is 0.227 e. The number of imidazole rings is 1. The molecule has 1 fully saturated rings. The van der Waals surface area contributed by atoms with Gasteiger partial charge >= 0.3 is 0 Å². The molecule has 0 atom stereocenters. The summed E-state index contributed by atoms with van der Waals surface area (Å²) < 4.78 is 9.71. The lowest BCUT2D eigenvalue weighted by molar-refractivity contribution is -0.143. The Balaban J connectivity index is 1.69. The standard InChI is InChI=1S/C21H31N5O2/c1-5-16-15(17(6-2)25(4)23-16)13-19(27)26-10-7-18-20(22-14-24(18)3)21(26)8-11-28-12-9-21/h14H,5-13H2,1-4H3. The molecule has 1 amide bonds. The summed E-state index contributed by atoms with van der Waals surface area (Å²) in [7, 11) is 4.03. The van der Waals surface area contributed by atoms with Gasteiger partial charge in [-0.15, -0.1) is 0 Å². The molecule has 4 heterocycles. The number of carbonyl (C=O) groups is 1. The molecule has 7 heteroatoms. The molecular formula is C21H31N5O2. The molecule has 2 aromatic rings. The zero-order chi connectivity index (χ0) is 19.9. The lowest BCUT2D eigenvalue weighted by Crippen LogP contribution is -2.56. The molecule has 0 radical (unpaired) electrons. The van der Waals surface area contributed by atoms with Crippen LogP contribution in [0.2, 0.25) is 0 Å². The van der Waals surface area contributed by atoms with Gasteiger partial charge in [-0.2, -0.15) is 5.10 Å². The van der Waals surface area contributed by atoms with Gasteiger partial charge in [0.05, 0.1) is 29.7 Å². The van der Waals surface area contributed by atoms with Gasteiger partial charge in [-0.3, -0.25) is 9.48 Å². The normalized spacial score (nSPS) is 18.5. The largest absolute Gasteiger partial charge is 0.381 e. The second-order valence-corrected chi connectivity index (χ2v) is 7.97. The van der Waals surface area contributed by atoms with Crippen LogP contribution in [-0.2, 0) is 54.8 Å². The molecule has 28 heavy (non-hydrogen) atoms. The Morgan fingerprint density at radius 1 is 1.21 bits per heavy atom. The Bertz CT molecular complexity index is 876. The van der Waals surface area contributed by atoms with Crippen molar-refractivity contribution in [1.29, 1.82) is 0 Å². The molecule has 4 rings (SSSR count). The predicted octanol–water partition coefficient (Wildman–Crippen LogP) is 1.91. The Morgan fingerprint density at radius 3 is 2.64 bits per heavy atom. The molecule has 2 aromatic heterocycles. The van der Waals surface area contributed by atoms with Crippen LogP contribution in [0.5, 0.6) is 0 Å². The average Bonchev–Trinajstić information content (AvgIpc) is 3.23. The molecule has 0 unspecified atom stereocenters. The Kier molecular flexibility index (Phi) is 5.04. The molecule has 2 aliphatic heterocycles. The van der Waals surface area contributed by atoms with Crippen molar-refractivity contribution in [3.8, 4) is 0 Å². The highest BCUT2D eigenvalue weighted by atomic mass is 16.5. The van der Waals surface area contributed by atoms with E-state index >= 15 is 0 Å². The van der Waals surface area contributed by atoms with Crippen LogP contribution in [0.4, 0.5) is 0 Å². The van der Waals surface area contributed by atoms with E-state index in [0.29, 0.717) is 19.6 Å². The molecule has 0 aromatic carbocycles. The topological polar surface area (TPSA) is 65.2 Å². The third-order valence-electron chi connectivity index (χ3n) is 6.57. The second kappa shape index (κ2) is 7.35. The summed E-state index contributed by atoms with van der Waals surface area (Å²) in [5, 5.41) is 4.65. The lowest BCUT2D eigenvalue weighted by atomic mass is 9.80. The number of nitrogens with zero attached hydrogens (tertiary/aromatic N) is 5. The Labute approximate surface area is 166 Å². The maximum atomic E-state index is 13.6. The first-order chi connectivity index (χ1) is 13.5. The van der Waals surface area contributed by atoms with Gasteiger partial charge in [-0.1, -0.05) is 13.8 Å². The van der Waals surface area contributed by atoms with Gasteiger partial charge in [0.15, 0.2) is 0 Å². The fraction of sp³-hybridized carbons (Fsp3) is 0.667. The molecule has 0 saturated carbocycles. The third kappa shape index (κ3) is 2.87. The van der Waals surface area contributed by atoms with Crippen LogP contribution in [0, 0.1) is 0 Å². The number of rotatable bonds is 4. The lowest BCUT2D eigenvalue weighted by Gasteiger charge is -2.48. The summed E-state index contributed by atoms with van der Waals surface area (Å²) in [4.78, 5) is 20.5. The van der Waals surface area contributed by atoms with Gasteiger partial charge in [0, 0.05) is 57.2 Å². The fourth-order valence-corrected chi connectivity index (χ4v) is 5.12. The molecule has 1 spiro atoms. The number of aromatic nitrogens is 4. The van der Waals surface area contributed by atoms with Crippen LogP contribution in [0.15, 0.2) is 6.33 Å². The fourth-order valence-electron chi connectivity index (χ4n) is 5.12. The highest BCUT2D eigenvalue weighted by molar-refractivity contribution is 5.80. The van der Waals surface area contributed by atoms with Gasteiger partial charge in [0.1, 0.15) is 0 Å². The molecule has 7 nitrogen and oxygen atoms in total. The van der Waals surface area contributed by atoms with Gasteiger partial charge in [-0.25, -0.2) is 4.98 Å². The minimum absolute atomic E-state index is 0.190. The number of carbonyl (C=O) groups excluding carboxylic acids is 1. The number of fused-ring (bicyclic) bond motifs is 2. The number of hydrogen-bond donors (Lipinski definition) is 0. The van der Waals surface area contributed by atoms with E-state index in [2.05, 4.69) is 28.4 Å². The van der Waals surface area contributed by atoms with Gasteiger partial charge in [-0.05, 0) is 25.7 Å². The van der Waals surface area contributed by atoms with E-state index in [1.165, 1.54) is 11.4 Å². The third-order valence-corrected chi connectivity index (χ3v) is 6.57. The number of amides is 1. The molecular weight excluding hydrogens is 354 g/mol. The summed E-state index contributed by atoms with van der Waals surface area (Å²) in [5.74, 6) is 0.190. The van der Waals surface area contributed by atoms with Crippen LogP contribution < -0.4 is 0 Å². The number of ether oxygens (including phenoxy) is 1. The Hall–Kier alpha value is -2.15. The van der Waals surface area contributed by atoms with Crippen LogP contribution in [0.3, 0.4) is 0 Å². The monoisotopic (exact) mass is 385 g/mol. The predicted molar refractivity (Wildman–Crippen MR) is 106 cm³/mol. The highest BCUT2D eigenvalue weighted by Gasteiger charge is 2.48. The summed E-state index contributed by atoms with van der Waals surface area (Å²) in [6.45, 7) is 6.33. The zero-order valence-corrected chi connectivity index (χ0v) is 17.5. The van der Waals surface area contributed by atoms with E-state index in [4.69, 9.17) is 9.72 Å². The van der Waals surface area contributed by atoms with Crippen molar-refractivity contribution >= 4 is 5.91 Å². The van der Waals surface area contributed by atoms with Gasteiger partial charge in [0.2, 0.25) is 5.91 Å². The minimum atomic E-state index is -0.328. The number of hydrogen-bond acceptors (Lipinski definition) is 4. The quantitative estimate of drug-likeness (QED) is 0.806. The van der Waals surface area contributed by atoms with E-state index in [-0.39, 0.29) is 11.4 Å². The van der Waals surface area contributed by atoms with Crippen molar-refractivity contribution in [3.05, 3.63) is 34.7 Å². The average molecular weight is 386 g/mol. The first-order valence-electron chi connectivity index (χ1n) is 10.4. The van der Waals surface area contributed by atoms with Crippen LogP contribution >= 0.6 is 0 Å². The van der Waals surface area contributed by atoms with Crippen molar-refractivity contribution in [3.63, 3.8) is 0 Å². The van der Waals surface area contributed by atoms with E-state index in [1.807, 2.05) is 25.1 Å². The van der Waals surface area contributed by atoms with Crippen molar-refractivity contribution in [2.75, 3.05) is 19.8 Å². The van der Waals surface area contributed by atoms with Crippen LogP contribution in [0.25, 0.3) is 0 Å². The highest BCUT2D eigenvalue weighted by Crippen LogP contribution is 2.42. The van der Waals surface area contributed by atoms with Gasteiger partial charge in [0.25, 0.3) is 0 Å². The van der Waals surface area contributed by atoms with Crippen molar-refractivity contribution in [1.82, 2.24) is 24.2 Å². The van der Waals surface area contributed by atoms with E-state index in [9.17, 15) is 4.79 Å². The summed E-state index contributed by atoms with van der Waals surface area (Å²) in [6.07, 6.45) is 6.53. The molecule has 1 saturated heterocycles.